The molecule has 0 unspecified atom stereocenters. The van der Waals surface area contributed by atoms with Gasteiger partial charge in [0.05, 0.1) is 7.05 Å². The second-order valence-corrected chi connectivity index (χ2v) is 1.69. The molecule has 52 valence electrons. The maximum atomic E-state index is 4.96. The van der Waals surface area contributed by atoms with Crippen molar-refractivity contribution in [1.29, 1.82) is 0 Å². The van der Waals surface area contributed by atoms with E-state index in [1.54, 1.807) is 7.11 Å². The quantitative estimate of drug-likeness (QED) is 0.427. The lowest BCUT2D eigenvalue weighted by atomic mass is 10.4. The van der Waals surface area contributed by atoms with Crippen LogP contribution in [-0.2, 0) is 4.74 Å². The monoisotopic (exact) mass is 139 g/mol. The highest BCUT2D eigenvalue weighted by atomic mass is 35.5. The summed E-state index contributed by atoms with van der Waals surface area (Å²) in [7, 11) is 3.77. The number of hydrogen-bond donors (Lipinski definition) is 1. The van der Waals surface area contributed by atoms with Crippen LogP contribution in [0.25, 0.3) is 0 Å². The van der Waals surface area contributed by atoms with E-state index in [0.29, 0.717) is 6.10 Å². The molecule has 0 radical (unpaired) electrons. The van der Waals surface area contributed by atoms with Crippen molar-refractivity contribution in [1.82, 2.24) is 0 Å². The summed E-state index contributed by atoms with van der Waals surface area (Å²) in [5.41, 5.74) is 0. The van der Waals surface area contributed by atoms with Gasteiger partial charge in [0.2, 0.25) is 0 Å². The van der Waals surface area contributed by atoms with Gasteiger partial charge >= 0.3 is 0 Å². The van der Waals surface area contributed by atoms with E-state index in [1.807, 2.05) is 7.05 Å². The fourth-order valence-electron chi connectivity index (χ4n) is 0.428. The van der Waals surface area contributed by atoms with Gasteiger partial charge < -0.3 is 22.5 Å². The van der Waals surface area contributed by atoms with Crippen LogP contribution in [0.4, 0.5) is 0 Å². The summed E-state index contributed by atoms with van der Waals surface area (Å²) < 4.78 is 4.96. The maximum Gasteiger partial charge on any atom is 0.103 e. The average Bonchev–Trinajstić information content (AvgIpc) is 1.68. The van der Waals surface area contributed by atoms with E-state index in [2.05, 4.69) is 12.2 Å². The molecule has 3 heteroatoms. The minimum atomic E-state index is 0. The van der Waals surface area contributed by atoms with Crippen molar-refractivity contribution < 1.29 is 22.5 Å². The zero-order valence-electron chi connectivity index (χ0n) is 5.65. The molecule has 0 aliphatic heterocycles. The molecule has 1 atom stereocenters. The lowest BCUT2D eigenvalue weighted by Crippen LogP contribution is -3.00. The van der Waals surface area contributed by atoms with E-state index in [1.165, 1.54) is 0 Å². The normalized spacial score (nSPS) is 12.4. The van der Waals surface area contributed by atoms with Crippen LogP contribution in [-0.4, -0.2) is 26.8 Å². The first kappa shape index (κ1) is 11.1. The molecule has 0 amide bonds. The third-order valence-corrected chi connectivity index (χ3v) is 0.970. The van der Waals surface area contributed by atoms with Crippen LogP contribution in [0.3, 0.4) is 0 Å². The van der Waals surface area contributed by atoms with Crippen molar-refractivity contribution in [3.63, 3.8) is 0 Å². The van der Waals surface area contributed by atoms with Gasteiger partial charge in [0.25, 0.3) is 0 Å². The molecule has 0 heterocycles. The number of hydrogen-bond acceptors (Lipinski definition) is 1. The Hall–Kier alpha value is 0.210. The summed E-state index contributed by atoms with van der Waals surface area (Å²) in [4.78, 5) is 0. The lowest BCUT2D eigenvalue weighted by Gasteiger charge is -2.03. The first-order chi connectivity index (χ1) is 3.31. The molecule has 2 N–H and O–H groups in total. The molecule has 0 fully saturated rings. The Morgan fingerprint density at radius 1 is 1.62 bits per heavy atom. The van der Waals surface area contributed by atoms with Crippen molar-refractivity contribution in [2.75, 3.05) is 20.7 Å². The maximum absolute atomic E-state index is 4.96. The van der Waals surface area contributed by atoms with Crippen molar-refractivity contribution >= 4 is 0 Å². The summed E-state index contributed by atoms with van der Waals surface area (Å²) in [6, 6.07) is 0. The van der Waals surface area contributed by atoms with Crippen molar-refractivity contribution in [2.45, 2.75) is 13.0 Å². The number of ether oxygens (including phenoxy) is 1. The fourth-order valence-corrected chi connectivity index (χ4v) is 0.428. The summed E-state index contributed by atoms with van der Waals surface area (Å²) in [6.07, 6.45) is 0.394. The number of rotatable bonds is 3. The molecule has 0 aliphatic rings. The van der Waals surface area contributed by atoms with E-state index in [4.69, 9.17) is 4.74 Å². The highest BCUT2D eigenvalue weighted by molar-refractivity contribution is 4.38. The van der Waals surface area contributed by atoms with Crippen LogP contribution in [0.1, 0.15) is 6.92 Å². The summed E-state index contributed by atoms with van der Waals surface area (Å²) in [6.45, 7) is 3.11. The Morgan fingerprint density at radius 3 is 2.25 bits per heavy atom. The zero-order chi connectivity index (χ0) is 5.70. The molecule has 0 aromatic rings. The molecule has 8 heavy (non-hydrogen) atoms. The molecule has 0 bridgehead atoms. The Labute approximate surface area is 57.0 Å². The number of methoxy groups -OCH3 is 1. The van der Waals surface area contributed by atoms with E-state index in [0.717, 1.165) is 6.54 Å². The molecule has 0 aliphatic carbocycles. The van der Waals surface area contributed by atoms with Gasteiger partial charge in [-0.2, -0.15) is 0 Å². The Morgan fingerprint density at radius 2 is 2.12 bits per heavy atom. The lowest BCUT2D eigenvalue weighted by molar-refractivity contribution is -0.633. The van der Waals surface area contributed by atoms with Crippen LogP contribution >= 0.6 is 0 Å². The largest absolute Gasteiger partial charge is 1.00 e. The summed E-state index contributed by atoms with van der Waals surface area (Å²) in [5.74, 6) is 0. The summed E-state index contributed by atoms with van der Waals surface area (Å²) in [5, 5.41) is 2.11. The Balaban J connectivity index is 0. The van der Waals surface area contributed by atoms with Gasteiger partial charge in [-0.25, -0.2) is 0 Å². The zero-order valence-corrected chi connectivity index (χ0v) is 6.40. The minimum absolute atomic E-state index is 0. The average molecular weight is 140 g/mol. The van der Waals surface area contributed by atoms with Crippen LogP contribution < -0.4 is 17.7 Å². The van der Waals surface area contributed by atoms with E-state index in [9.17, 15) is 0 Å². The Kier molecular flexibility index (Phi) is 9.97. The fraction of sp³-hybridized carbons (Fsp3) is 1.00. The first-order valence-corrected chi connectivity index (χ1v) is 2.62. The highest BCUT2D eigenvalue weighted by Crippen LogP contribution is 1.77. The van der Waals surface area contributed by atoms with Crippen LogP contribution in [0.5, 0.6) is 0 Å². The minimum Gasteiger partial charge on any atom is -1.00 e. The molecule has 0 aromatic heterocycles. The predicted octanol–water partition coefficient (Wildman–Crippen LogP) is -3.78. The molecule has 0 saturated carbocycles. The van der Waals surface area contributed by atoms with Gasteiger partial charge in [0, 0.05) is 7.11 Å². The molecular formula is C5H14ClNO. The van der Waals surface area contributed by atoms with Gasteiger partial charge in [-0.15, -0.1) is 0 Å². The van der Waals surface area contributed by atoms with Crippen molar-refractivity contribution in [3.05, 3.63) is 0 Å². The number of likely N-dealkylation sites (N-methyl/N-ethyl adjacent to an activating group) is 1. The van der Waals surface area contributed by atoms with E-state index in [-0.39, 0.29) is 12.4 Å². The first-order valence-electron chi connectivity index (χ1n) is 2.62. The SMILES string of the molecule is C[NH2+]C[C@H](C)OC.[Cl-]. The highest BCUT2D eigenvalue weighted by Gasteiger charge is 1.95. The standard InChI is InChI=1S/C5H13NO.ClH/c1-5(7-3)4-6-2;/h5-6H,4H2,1-3H3;1H/t5-;/m0./s1. The topological polar surface area (TPSA) is 25.8 Å². The molecule has 0 saturated heterocycles. The van der Waals surface area contributed by atoms with Gasteiger partial charge in [-0.1, -0.05) is 0 Å². The second-order valence-electron chi connectivity index (χ2n) is 1.69. The molecule has 0 spiro atoms. The number of quaternary nitrogens is 1. The molecule has 0 rings (SSSR count). The van der Waals surface area contributed by atoms with Crippen LogP contribution in [0, 0.1) is 0 Å². The molecular weight excluding hydrogens is 126 g/mol. The number of halogens is 1. The van der Waals surface area contributed by atoms with Crippen molar-refractivity contribution in [3.8, 4) is 0 Å². The Bertz CT molecular complexity index is 43.4. The molecule has 2 nitrogen and oxygen atoms in total. The van der Waals surface area contributed by atoms with E-state index >= 15 is 0 Å². The van der Waals surface area contributed by atoms with Gasteiger partial charge in [0.15, 0.2) is 0 Å². The molecule has 0 aromatic carbocycles. The number of nitrogens with two attached hydrogens (primary N) is 1. The third-order valence-electron chi connectivity index (χ3n) is 0.970. The summed E-state index contributed by atoms with van der Waals surface area (Å²) >= 11 is 0. The third kappa shape index (κ3) is 6.21. The van der Waals surface area contributed by atoms with Crippen LogP contribution in [0.2, 0.25) is 0 Å². The van der Waals surface area contributed by atoms with Gasteiger partial charge in [-0.3, -0.25) is 0 Å². The van der Waals surface area contributed by atoms with Crippen LogP contribution in [0.15, 0.2) is 0 Å². The van der Waals surface area contributed by atoms with Gasteiger partial charge in [-0.05, 0) is 6.92 Å². The van der Waals surface area contributed by atoms with E-state index < -0.39 is 0 Å². The second kappa shape index (κ2) is 7.21. The van der Waals surface area contributed by atoms with Crippen molar-refractivity contribution in [2.24, 2.45) is 0 Å². The smallest absolute Gasteiger partial charge is 0.103 e. The van der Waals surface area contributed by atoms with Gasteiger partial charge in [0.1, 0.15) is 12.6 Å². The predicted molar refractivity (Wildman–Crippen MR) is 29.2 cm³/mol.